The molecular weight excluding hydrogens is 304 g/mol. The molecule has 1 atom stereocenters. The second kappa shape index (κ2) is 5.63. The molecule has 1 aliphatic heterocycles. The van der Waals surface area contributed by atoms with Crippen LogP contribution in [0.25, 0.3) is 0 Å². The first kappa shape index (κ1) is 14.5. The van der Waals surface area contributed by atoms with Gasteiger partial charge in [-0.05, 0) is 44.4 Å². The van der Waals surface area contributed by atoms with E-state index in [0.29, 0.717) is 6.42 Å². The van der Waals surface area contributed by atoms with Crippen molar-refractivity contribution in [1.29, 1.82) is 0 Å². The largest absolute Gasteiger partial charge is 0.336 e. The molecule has 1 unspecified atom stereocenters. The first-order chi connectivity index (χ1) is 8.91. The van der Waals surface area contributed by atoms with Gasteiger partial charge in [0, 0.05) is 17.1 Å². The summed E-state index contributed by atoms with van der Waals surface area (Å²) in [5.41, 5.74) is 6.94. The van der Waals surface area contributed by atoms with Crippen molar-refractivity contribution in [1.82, 2.24) is 4.90 Å². The fourth-order valence-corrected chi connectivity index (χ4v) is 3.12. The number of carbonyl (C=O) groups excluding carboxylic acids is 1. The van der Waals surface area contributed by atoms with Crippen molar-refractivity contribution in [2.45, 2.75) is 44.7 Å². The van der Waals surface area contributed by atoms with Gasteiger partial charge in [-0.1, -0.05) is 28.1 Å². The maximum Gasteiger partial charge on any atom is 0.227 e. The number of nitrogens with zero attached hydrogens (tertiary/aromatic N) is 1. The normalized spacial score (nSPS) is 22.3. The van der Waals surface area contributed by atoms with E-state index in [1.165, 1.54) is 0 Å². The number of amides is 1. The van der Waals surface area contributed by atoms with Crippen LogP contribution in [0.3, 0.4) is 0 Å². The van der Waals surface area contributed by atoms with Crippen molar-refractivity contribution in [3.8, 4) is 0 Å². The molecule has 0 aliphatic carbocycles. The fraction of sp³-hybridized carbons (Fsp3) is 0.533. The lowest BCUT2D eigenvalue weighted by Gasteiger charge is -2.46. The SMILES string of the molecule is CC1(C)C(N)CCCN1C(=O)Cc1cccc(Br)c1. The second-order valence-corrected chi connectivity index (χ2v) is 6.67. The minimum Gasteiger partial charge on any atom is -0.336 e. The summed E-state index contributed by atoms with van der Waals surface area (Å²) in [5, 5.41) is 0. The third-order valence-corrected chi connectivity index (χ3v) is 4.54. The summed E-state index contributed by atoms with van der Waals surface area (Å²) >= 11 is 3.44. The van der Waals surface area contributed by atoms with Crippen LogP contribution in [0, 0.1) is 0 Å². The summed E-state index contributed by atoms with van der Waals surface area (Å²) in [4.78, 5) is 14.4. The van der Waals surface area contributed by atoms with E-state index in [9.17, 15) is 4.79 Å². The molecule has 19 heavy (non-hydrogen) atoms. The lowest BCUT2D eigenvalue weighted by molar-refractivity contribution is -0.138. The van der Waals surface area contributed by atoms with Crippen molar-refractivity contribution in [2.75, 3.05) is 6.54 Å². The van der Waals surface area contributed by atoms with Crippen LogP contribution in [0.2, 0.25) is 0 Å². The molecule has 3 nitrogen and oxygen atoms in total. The highest BCUT2D eigenvalue weighted by Crippen LogP contribution is 2.27. The van der Waals surface area contributed by atoms with Crippen molar-refractivity contribution in [3.63, 3.8) is 0 Å². The first-order valence-electron chi connectivity index (χ1n) is 6.72. The number of piperidine rings is 1. The zero-order valence-corrected chi connectivity index (χ0v) is 13.1. The Morgan fingerprint density at radius 3 is 2.95 bits per heavy atom. The van der Waals surface area contributed by atoms with Gasteiger partial charge in [-0.25, -0.2) is 0 Å². The van der Waals surface area contributed by atoms with E-state index >= 15 is 0 Å². The predicted octanol–water partition coefficient (Wildman–Crippen LogP) is 2.72. The van der Waals surface area contributed by atoms with Gasteiger partial charge in [0.1, 0.15) is 0 Å². The van der Waals surface area contributed by atoms with E-state index in [0.717, 1.165) is 29.4 Å². The summed E-state index contributed by atoms with van der Waals surface area (Å²) in [7, 11) is 0. The summed E-state index contributed by atoms with van der Waals surface area (Å²) in [6, 6.07) is 7.97. The van der Waals surface area contributed by atoms with Crippen LogP contribution < -0.4 is 5.73 Å². The standard InChI is InChI=1S/C15H21BrN2O/c1-15(2)13(17)7-4-8-18(15)14(19)10-11-5-3-6-12(16)9-11/h3,5-6,9,13H,4,7-8,10,17H2,1-2H3. The number of likely N-dealkylation sites (tertiary alicyclic amines) is 1. The monoisotopic (exact) mass is 324 g/mol. The molecule has 0 saturated carbocycles. The number of carbonyl (C=O) groups is 1. The highest BCUT2D eigenvalue weighted by atomic mass is 79.9. The van der Waals surface area contributed by atoms with Gasteiger partial charge >= 0.3 is 0 Å². The minimum atomic E-state index is -0.249. The zero-order valence-electron chi connectivity index (χ0n) is 11.5. The average Bonchev–Trinajstić information content (AvgIpc) is 2.32. The van der Waals surface area contributed by atoms with E-state index in [-0.39, 0.29) is 17.5 Å². The van der Waals surface area contributed by atoms with E-state index in [1.54, 1.807) is 0 Å². The lowest BCUT2D eigenvalue weighted by atomic mass is 9.85. The number of nitrogens with two attached hydrogens (primary N) is 1. The predicted molar refractivity (Wildman–Crippen MR) is 80.8 cm³/mol. The molecule has 1 heterocycles. The molecule has 1 aliphatic rings. The molecule has 1 aromatic carbocycles. The van der Waals surface area contributed by atoms with Gasteiger partial charge in [0.2, 0.25) is 5.91 Å². The quantitative estimate of drug-likeness (QED) is 0.909. The molecule has 104 valence electrons. The van der Waals surface area contributed by atoms with Crippen molar-refractivity contribution >= 4 is 21.8 Å². The molecule has 1 amide bonds. The van der Waals surface area contributed by atoms with Crippen LogP contribution in [0.1, 0.15) is 32.3 Å². The highest BCUT2D eigenvalue weighted by Gasteiger charge is 2.38. The molecule has 0 aromatic heterocycles. The smallest absolute Gasteiger partial charge is 0.227 e. The Hall–Kier alpha value is -0.870. The average molecular weight is 325 g/mol. The molecule has 1 fully saturated rings. The molecule has 4 heteroatoms. The Morgan fingerprint density at radius 1 is 1.53 bits per heavy atom. The molecule has 1 aromatic rings. The molecule has 0 radical (unpaired) electrons. The van der Waals surface area contributed by atoms with Crippen molar-refractivity contribution in [2.24, 2.45) is 5.73 Å². The van der Waals surface area contributed by atoms with Crippen LogP contribution in [0.15, 0.2) is 28.7 Å². The number of halogens is 1. The topological polar surface area (TPSA) is 46.3 Å². The summed E-state index contributed by atoms with van der Waals surface area (Å²) in [6.45, 7) is 4.94. The van der Waals surface area contributed by atoms with Gasteiger partial charge in [-0.15, -0.1) is 0 Å². The number of hydrogen-bond donors (Lipinski definition) is 1. The van der Waals surface area contributed by atoms with Crippen molar-refractivity contribution < 1.29 is 4.79 Å². The third kappa shape index (κ3) is 3.18. The Kier molecular flexibility index (Phi) is 4.31. The Balaban J connectivity index is 2.11. The minimum absolute atomic E-state index is 0.0627. The molecule has 1 saturated heterocycles. The maximum absolute atomic E-state index is 12.5. The van der Waals surface area contributed by atoms with Crippen LogP contribution >= 0.6 is 15.9 Å². The summed E-state index contributed by atoms with van der Waals surface area (Å²) in [5.74, 6) is 0.165. The van der Waals surface area contributed by atoms with E-state index in [2.05, 4.69) is 29.8 Å². The Labute approximate surface area is 123 Å². The van der Waals surface area contributed by atoms with Crippen LogP contribution in [0.5, 0.6) is 0 Å². The van der Waals surface area contributed by atoms with Gasteiger partial charge in [-0.3, -0.25) is 4.79 Å². The molecule has 2 N–H and O–H groups in total. The molecular formula is C15H21BrN2O. The van der Waals surface area contributed by atoms with Crippen LogP contribution in [-0.2, 0) is 11.2 Å². The van der Waals surface area contributed by atoms with E-state index < -0.39 is 0 Å². The zero-order chi connectivity index (χ0) is 14.0. The van der Waals surface area contributed by atoms with Crippen LogP contribution in [0.4, 0.5) is 0 Å². The van der Waals surface area contributed by atoms with Crippen LogP contribution in [-0.4, -0.2) is 28.9 Å². The van der Waals surface area contributed by atoms with Gasteiger partial charge < -0.3 is 10.6 Å². The molecule has 2 rings (SSSR count). The van der Waals surface area contributed by atoms with Crippen molar-refractivity contribution in [3.05, 3.63) is 34.3 Å². The summed E-state index contributed by atoms with van der Waals surface area (Å²) < 4.78 is 1.01. The van der Waals surface area contributed by atoms with Gasteiger partial charge in [-0.2, -0.15) is 0 Å². The number of rotatable bonds is 2. The van der Waals surface area contributed by atoms with Gasteiger partial charge in [0.05, 0.1) is 12.0 Å². The first-order valence-corrected chi connectivity index (χ1v) is 7.51. The Morgan fingerprint density at radius 2 is 2.26 bits per heavy atom. The number of hydrogen-bond acceptors (Lipinski definition) is 2. The molecule has 0 spiro atoms. The third-order valence-electron chi connectivity index (χ3n) is 4.05. The number of benzene rings is 1. The van der Waals surface area contributed by atoms with Gasteiger partial charge in [0.15, 0.2) is 0 Å². The maximum atomic E-state index is 12.5. The van der Waals surface area contributed by atoms with E-state index in [1.807, 2.05) is 29.2 Å². The Bertz CT molecular complexity index is 473. The fourth-order valence-electron chi connectivity index (χ4n) is 2.67. The molecule has 0 bridgehead atoms. The van der Waals surface area contributed by atoms with Gasteiger partial charge in [0.25, 0.3) is 0 Å². The summed E-state index contributed by atoms with van der Waals surface area (Å²) in [6.07, 6.45) is 2.43. The lowest BCUT2D eigenvalue weighted by Crippen LogP contribution is -2.61. The highest BCUT2D eigenvalue weighted by molar-refractivity contribution is 9.10. The second-order valence-electron chi connectivity index (χ2n) is 5.75. The van der Waals surface area contributed by atoms with E-state index in [4.69, 9.17) is 5.73 Å².